The SMILES string of the molecule is Cc1ccc(NC(=O)c2nnc(CN3CCN(Cc4cc(C)no4)CC3)s2)cc1. The van der Waals surface area contributed by atoms with E-state index in [4.69, 9.17) is 4.52 Å². The topological polar surface area (TPSA) is 87.4 Å². The smallest absolute Gasteiger partial charge is 0.286 e. The zero-order valence-electron chi connectivity index (χ0n) is 16.6. The second-order valence-corrected chi connectivity index (χ2v) is 8.37. The molecule has 1 saturated heterocycles. The molecule has 9 heteroatoms. The molecule has 0 aliphatic carbocycles. The third-order valence-corrected chi connectivity index (χ3v) is 5.76. The van der Waals surface area contributed by atoms with E-state index in [-0.39, 0.29) is 5.91 Å². The van der Waals surface area contributed by atoms with Crippen molar-refractivity contribution >= 4 is 22.9 Å². The number of aromatic nitrogens is 3. The Morgan fingerprint density at radius 3 is 2.41 bits per heavy atom. The number of carbonyl (C=O) groups is 1. The lowest BCUT2D eigenvalue weighted by molar-refractivity contribution is 0.102. The van der Waals surface area contributed by atoms with Gasteiger partial charge in [0.15, 0.2) is 5.76 Å². The van der Waals surface area contributed by atoms with E-state index in [9.17, 15) is 4.79 Å². The third-order valence-electron chi connectivity index (χ3n) is 4.85. The predicted molar refractivity (Wildman–Crippen MR) is 111 cm³/mol. The highest BCUT2D eigenvalue weighted by Crippen LogP contribution is 2.17. The van der Waals surface area contributed by atoms with Crippen molar-refractivity contribution in [1.29, 1.82) is 0 Å². The van der Waals surface area contributed by atoms with Crippen molar-refractivity contribution in [3.8, 4) is 0 Å². The number of anilines is 1. The van der Waals surface area contributed by atoms with Crippen molar-refractivity contribution < 1.29 is 9.32 Å². The summed E-state index contributed by atoms with van der Waals surface area (Å²) in [5.41, 5.74) is 2.82. The molecule has 0 saturated carbocycles. The Hall–Kier alpha value is -2.62. The van der Waals surface area contributed by atoms with Gasteiger partial charge in [-0.25, -0.2) is 0 Å². The van der Waals surface area contributed by atoms with Gasteiger partial charge in [0.05, 0.1) is 18.8 Å². The van der Waals surface area contributed by atoms with Gasteiger partial charge < -0.3 is 9.84 Å². The van der Waals surface area contributed by atoms with Crippen molar-refractivity contribution in [3.05, 3.63) is 57.4 Å². The molecule has 0 spiro atoms. The summed E-state index contributed by atoms with van der Waals surface area (Å²) in [5.74, 6) is 0.689. The molecule has 1 amide bonds. The van der Waals surface area contributed by atoms with E-state index < -0.39 is 0 Å². The van der Waals surface area contributed by atoms with Crippen LogP contribution in [0.1, 0.15) is 31.8 Å². The van der Waals surface area contributed by atoms with Crippen molar-refractivity contribution in [2.45, 2.75) is 26.9 Å². The summed E-state index contributed by atoms with van der Waals surface area (Å²) < 4.78 is 5.30. The van der Waals surface area contributed by atoms with Gasteiger partial charge in [-0.2, -0.15) is 0 Å². The molecule has 1 fully saturated rings. The zero-order valence-corrected chi connectivity index (χ0v) is 17.4. The maximum Gasteiger partial charge on any atom is 0.286 e. The van der Waals surface area contributed by atoms with Crippen molar-refractivity contribution in [1.82, 2.24) is 25.2 Å². The first-order valence-corrected chi connectivity index (χ1v) is 10.4. The minimum atomic E-state index is -0.218. The quantitative estimate of drug-likeness (QED) is 0.666. The van der Waals surface area contributed by atoms with Crippen LogP contribution in [0.4, 0.5) is 5.69 Å². The lowest BCUT2D eigenvalue weighted by Crippen LogP contribution is -2.45. The molecule has 152 valence electrons. The molecule has 1 aliphatic heterocycles. The Bertz CT molecular complexity index is 960. The number of hydrogen-bond donors (Lipinski definition) is 1. The number of nitrogens with zero attached hydrogens (tertiary/aromatic N) is 5. The summed E-state index contributed by atoms with van der Waals surface area (Å²) in [4.78, 5) is 17.1. The summed E-state index contributed by atoms with van der Waals surface area (Å²) in [6.07, 6.45) is 0. The van der Waals surface area contributed by atoms with Gasteiger partial charge in [-0.3, -0.25) is 14.6 Å². The first-order chi connectivity index (χ1) is 14.0. The highest BCUT2D eigenvalue weighted by atomic mass is 32.1. The Kier molecular flexibility index (Phi) is 5.98. The highest BCUT2D eigenvalue weighted by molar-refractivity contribution is 7.13. The molecule has 0 radical (unpaired) electrons. The van der Waals surface area contributed by atoms with Crippen LogP contribution in [0.2, 0.25) is 0 Å². The molecular formula is C20H24N6O2S. The van der Waals surface area contributed by atoms with E-state index in [2.05, 4.69) is 30.5 Å². The predicted octanol–water partition coefficient (Wildman–Crippen LogP) is 2.71. The van der Waals surface area contributed by atoms with Crippen LogP contribution < -0.4 is 5.32 Å². The molecule has 3 aromatic rings. The van der Waals surface area contributed by atoms with Crippen molar-refractivity contribution in [2.24, 2.45) is 0 Å². The Balaban J connectivity index is 1.26. The Morgan fingerprint density at radius 1 is 1.07 bits per heavy atom. The minimum Gasteiger partial charge on any atom is -0.360 e. The molecular weight excluding hydrogens is 388 g/mol. The van der Waals surface area contributed by atoms with Gasteiger partial charge >= 0.3 is 0 Å². The van der Waals surface area contributed by atoms with Gasteiger partial charge in [0.2, 0.25) is 5.01 Å². The second-order valence-electron chi connectivity index (χ2n) is 7.31. The summed E-state index contributed by atoms with van der Waals surface area (Å²) in [6, 6.07) is 9.68. The number of amides is 1. The molecule has 1 aromatic carbocycles. The Morgan fingerprint density at radius 2 is 1.76 bits per heavy atom. The first-order valence-electron chi connectivity index (χ1n) is 9.62. The van der Waals surface area contributed by atoms with Gasteiger partial charge in [-0.05, 0) is 26.0 Å². The second kappa shape index (κ2) is 8.81. The molecule has 4 rings (SSSR count). The highest BCUT2D eigenvalue weighted by Gasteiger charge is 2.20. The van der Waals surface area contributed by atoms with Crippen LogP contribution in [-0.2, 0) is 13.1 Å². The number of carbonyl (C=O) groups excluding carboxylic acids is 1. The summed E-state index contributed by atoms with van der Waals surface area (Å²) in [5, 5.41) is 16.3. The number of benzene rings is 1. The van der Waals surface area contributed by atoms with Crippen LogP contribution in [0.5, 0.6) is 0 Å². The zero-order chi connectivity index (χ0) is 20.2. The van der Waals surface area contributed by atoms with Gasteiger partial charge in [0, 0.05) is 37.9 Å². The molecule has 29 heavy (non-hydrogen) atoms. The monoisotopic (exact) mass is 412 g/mol. The Labute approximate surface area is 173 Å². The fraction of sp³-hybridized carbons (Fsp3) is 0.400. The normalized spacial score (nSPS) is 15.5. The molecule has 3 heterocycles. The number of aryl methyl sites for hydroxylation is 2. The summed E-state index contributed by atoms with van der Waals surface area (Å²) in [7, 11) is 0. The van der Waals surface area contributed by atoms with Crippen LogP contribution in [0.3, 0.4) is 0 Å². The summed E-state index contributed by atoms with van der Waals surface area (Å²) in [6.45, 7) is 9.25. The van der Waals surface area contributed by atoms with Gasteiger partial charge in [-0.1, -0.05) is 34.2 Å². The average molecular weight is 413 g/mol. The van der Waals surface area contributed by atoms with E-state index in [1.54, 1.807) is 0 Å². The van der Waals surface area contributed by atoms with Crippen LogP contribution in [-0.4, -0.2) is 57.2 Å². The molecule has 1 aliphatic rings. The van der Waals surface area contributed by atoms with E-state index in [0.717, 1.165) is 60.4 Å². The molecule has 0 bridgehead atoms. The fourth-order valence-electron chi connectivity index (χ4n) is 3.24. The van der Waals surface area contributed by atoms with E-state index >= 15 is 0 Å². The number of piperazine rings is 1. The van der Waals surface area contributed by atoms with E-state index in [0.29, 0.717) is 11.6 Å². The van der Waals surface area contributed by atoms with Crippen LogP contribution in [0.15, 0.2) is 34.9 Å². The maximum atomic E-state index is 12.4. The lowest BCUT2D eigenvalue weighted by atomic mass is 10.2. The van der Waals surface area contributed by atoms with Crippen LogP contribution >= 0.6 is 11.3 Å². The number of nitrogens with one attached hydrogen (secondary N) is 1. The van der Waals surface area contributed by atoms with E-state index in [1.807, 2.05) is 44.2 Å². The van der Waals surface area contributed by atoms with E-state index in [1.165, 1.54) is 11.3 Å². The van der Waals surface area contributed by atoms with Gasteiger partial charge in [0.25, 0.3) is 5.91 Å². The van der Waals surface area contributed by atoms with Crippen molar-refractivity contribution in [2.75, 3.05) is 31.5 Å². The average Bonchev–Trinajstić information content (AvgIpc) is 3.34. The maximum absolute atomic E-state index is 12.4. The number of hydrogen-bond acceptors (Lipinski definition) is 8. The lowest BCUT2D eigenvalue weighted by Gasteiger charge is -2.33. The standard InChI is InChI=1S/C20H24N6O2S/c1-14-3-5-16(6-4-14)21-19(27)20-23-22-18(29-20)13-26-9-7-25(8-10-26)12-17-11-15(2)24-28-17/h3-6,11H,7-10,12-13H2,1-2H3,(H,21,27). The molecule has 0 atom stereocenters. The van der Waals surface area contributed by atoms with Crippen molar-refractivity contribution in [3.63, 3.8) is 0 Å². The van der Waals surface area contributed by atoms with Gasteiger partial charge in [-0.15, -0.1) is 10.2 Å². The largest absolute Gasteiger partial charge is 0.360 e. The first kappa shape index (κ1) is 19.7. The van der Waals surface area contributed by atoms with Gasteiger partial charge in [0.1, 0.15) is 5.01 Å². The molecule has 2 aromatic heterocycles. The molecule has 1 N–H and O–H groups in total. The van der Waals surface area contributed by atoms with Crippen LogP contribution in [0.25, 0.3) is 0 Å². The molecule has 8 nitrogen and oxygen atoms in total. The number of rotatable bonds is 6. The minimum absolute atomic E-state index is 0.218. The molecule has 0 unspecified atom stereocenters. The summed E-state index contributed by atoms with van der Waals surface area (Å²) >= 11 is 1.35. The fourth-order valence-corrected chi connectivity index (χ4v) is 4.02. The third kappa shape index (κ3) is 5.26. The van der Waals surface area contributed by atoms with Crippen LogP contribution in [0, 0.1) is 13.8 Å².